The monoisotopic (exact) mass is 522 g/mol. The molecule has 0 radical (unpaired) electrons. The van der Waals surface area contributed by atoms with Gasteiger partial charge in [0.2, 0.25) is 10.0 Å². The van der Waals surface area contributed by atoms with E-state index in [1.807, 2.05) is 29.2 Å². The number of aromatic nitrogens is 1. The van der Waals surface area contributed by atoms with E-state index >= 15 is 0 Å². The zero-order valence-corrected chi connectivity index (χ0v) is 20.3. The molecule has 13 heteroatoms. The highest BCUT2D eigenvalue weighted by Crippen LogP contribution is 2.35. The Morgan fingerprint density at radius 2 is 1.78 bits per heavy atom. The zero-order chi connectivity index (χ0) is 22.1. The molecule has 1 aromatic carbocycles. The van der Waals surface area contributed by atoms with Gasteiger partial charge in [0, 0.05) is 63.5 Å². The quantitative estimate of drug-likeness (QED) is 0.457. The van der Waals surface area contributed by atoms with E-state index in [2.05, 4.69) is 4.98 Å². The minimum absolute atomic E-state index is 0. The van der Waals surface area contributed by atoms with Crippen molar-refractivity contribution in [3.8, 4) is 10.4 Å². The largest absolute Gasteiger partial charge is 0.381 e. The number of halogens is 2. The van der Waals surface area contributed by atoms with Crippen molar-refractivity contribution in [1.82, 2.24) is 14.8 Å². The van der Waals surface area contributed by atoms with Crippen LogP contribution in [0.25, 0.3) is 10.4 Å². The Morgan fingerprint density at radius 3 is 2.38 bits per heavy atom. The first kappa shape index (κ1) is 25.2. The van der Waals surface area contributed by atoms with Crippen molar-refractivity contribution in [3.63, 3.8) is 0 Å². The number of sulfonamides is 1. The van der Waals surface area contributed by atoms with Gasteiger partial charge in [-0.05, 0) is 17.7 Å². The maximum Gasteiger partial charge on any atom is 0.266 e. The molecule has 2 N–H and O–H groups in total. The molecule has 2 aliphatic heterocycles. The summed E-state index contributed by atoms with van der Waals surface area (Å²) < 4.78 is 31.7. The third-order valence-electron chi connectivity index (χ3n) is 5.78. The van der Waals surface area contributed by atoms with E-state index in [-0.39, 0.29) is 51.6 Å². The Bertz CT molecular complexity index is 1030. The van der Waals surface area contributed by atoms with Crippen LogP contribution in [0.5, 0.6) is 0 Å². The molecule has 2 fully saturated rings. The normalized spacial score (nSPS) is 19.2. The van der Waals surface area contributed by atoms with Crippen molar-refractivity contribution in [2.24, 2.45) is 0 Å². The van der Waals surface area contributed by atoms with E-state index in [1.54, 1.807) is 11.7 Å². The van der Waals surface area contributed by atoms with Gasteiger partial charge in [0.1, 0.15) is 0 Å². The summed E-state index contributed by atoms with van der Waals surface area (Å²) in [6.07, 6.45) is 1.83. The van der Waals surface area contributed by atoms with Gasteiger partial charge in [0.05, 0.1) is 4.88 Å². The second-order valence-electron chi connectivity index (χ2n) is 7.45. The number of carbonyl (C=O) groups is 1. The first-order chi connectivity index (χ1) is 14.9. The minimum Gasteiger partial charge on any atom is -0.381 e. The molecular weight excluding hydrogens is 499 g/mol. The molecule has 4 rings (SSSR count). The number of hydrogen-bond acceptors (Lipinski definition) is 8. The molecule has 2 aliphatic rings. The van der Waals surface area contributed by atoms with Gasteiger partial charge in [-0.15, -0.1) is 12.4 Å². The molecule has 0 saturated carbocycles. The summed E-state index contributed by atoms with van der Waals surface area (Å²) >= 11 is 7.48. The molecule has 2 aromatic rings. The van der Waals surface area contributed by atoms with E-state index < -0.39 is 20.7 Å². The third-order valence-corrected chi connectivity index (χ3v) is 9.77. The number of thiazole rings is 1. The summed E-state index contributed by atoms with van der Waals surface area (Å²) in [7, 11) is -3.98. The van der Waals surface area contributed by atoms with E-state index in [0.29, 0.717) is 18.1 Å². The number of piperazine rings is 1. The Kier molecular flexibility index (Phi) is 8.02. The van der Waals surface area contributed by atoms with Gasteiger partial charge in [-0.25, -0.2) is 18.9 Å². The van der Waals surface area contributed by atoms with E-state index in [1.165, 1.54) is 15.6 Å². The van der Waals surface area contributed by atoms with Crippen molar-refractivity contribution in [3.05, 3.63) is 35.5 Å². The van der Waals surface area contributed by atoms with Crippen LogP contribution in [0.2, 0.25) is 5.02 Å². The van der Waals surface area contributed by atoms with Crippen molar-refractivity contribution in [2.75, 3.05) is 44.3 Å². The van der Waals surface area contributed by atoms with Gasteiger partial charge in [0.15, 0.2) is 9.88 Å². The van der Waals surface area contributed by atoms with Gasteiger partial charge in [-0.1, -0.05) is 35.1 Å². The molecule has 9 nitrogen and oxygen atoms in total. The number of anilines is 1. The molecule has 32 heavy (non-hydrogen) atoms. The van der Waals surface area contributed by atoms with Crippen LogP contribution in [-0.4, -0.2) is 73.0 Å². The Labute approximate surface area is 201 Å². The van der Waals surface area contributed by atoms with Gasteiger partial charge in [-0.3, -0.25) is 10.0 Å². The Morgan fingerprint density at radius 1 is 1.16 bits per heavy atom. The van der Waals surface area contributed by atoms with E-state index in [9.17, 15) is 18.4 Å². The fraction of sp³-hybridized carbons (Fsp3) is 0.474. The van der Waals surface area contributed by atoms with Gasteiger partial charge >= 0.3 is 0 Å². The van der Waals surface area contributed by atoms with Crippen LogP contribution in [0.1, 0.15) is 12.8 Å². The number of nitrogens with zero attached hydrogens (tertiary/aromatic N) is 3. The minimum atomic E-state index is -3.98. The maximum atomic E-state index is 13.4. The van der Waals surface area contributed by atoms with Crippen LogP contribution in [-0.2, 0) is 19.6 Å². The molecular formula is C19H24Cl2N4O5S2. The SMILES string of the molecule is Cl.O=C(NO)C1(S(=O)(=O)N2CCN(c3ncc(-c4ccc(Cl)cc4)s3)CC2)CCOCC1. The number of ether oxygens (including phenoxy) is 1. The molecule has 176 valence electrons. The van der Waals surface area contributed by atoms with Crippen LogP contribution in [0.15, 0.2) is 30.5 Å². The van der Waals surface area contributed by atoms with Gasteiger partial charge in [-0.2, -0.15) is 4.31 Å². The number of rotatable bonds is 5. The molecule has 3 heterocycles. The lowest BCUT2D eigenvalue weighted by molar-refractivity contribution is -0.134. The maximum absolute atomic E-state index is 13.4. The Hall–Kier alpha value is -1.47. The molecule has 0 spiro atoms. The number of benzene rings is 1. The number of amides is 1. The number of hydroxylamine groups is 1. The summed E-state index contributed by atoms with van der Waals surface area (Å²) in [5, 5.41) is 10.7. The van der Waals surface area contributed by atoms with Crippen molar-refractivity contribution < 1.29 is 23.2 Å². The second kappa shape index (κ2) is 10.2. The molecule has 0 bridgehead atoms. The fourth-order valence-corrected chi connectivity index (χ4v) is 7.13. The predicted octanol–water partition coefficient (Wildman–Crippen LogP) is 2.39. The van der Waals surface area contributed by atoms with Crippen LogP contribution >= 0.6 is 35.3 Å². The third kappa shape index (κ3) is 4.60. The summed E-state index contributed by atoms with van der Waals surface area (Å²) in [4.78, 5) is 19.9. The smallest absolute Gasteiger partial charge is 0.266 e. The average molecular weight is 523 g/mol. The topological polar surface area (TPSA) is 112 Å². The summed E-state index contributed by atoms with van der Waals surface area (Å²) in [6.45, 7) is 1.69. The number of nitrogens with one attached hydrogen (secondary N) is 1. The molecule has 1 amide bonds. The summed E-state index contributed by atoms with van der Waals surface area (Å²) in [5.41, 5.74) is 2.57. The standard InChI is InChI=1S/C19H23ClN4O5S2.ClH/c20-15-3-1-14(2-4-15)16-13-21-18(30-16)23-7-9-24(10-8-23)31(27,28)19(17(25)22-26)5-11-29-12-6-19;/h1-4,13,26H,5-12H2,(H,22,25);1H. The fourth-order valence-electron chi connectivity index (χ4n) is 3.93. The summed E-state index contributed by atoms with van der Waals surface area (Å²) in [6, 6.07) is 7.52. The Balaban J connectivity index is 0.00000289. The van der Waals surface area contributed by atoms with E-state index in [4.69, 9.17) is 16.3 Å². The summed E-state index contributed by atoms with van der Waals surface area (Å²) in [5.74, 6) is -0.897. The molecule has 1 aromatic heterocycles. The molecule has 2 saturated heterocycles. The van der Waals surface area contributed by atoms with E-state index in [0.717, 1.165) is 15.6 Å². The second-order valence-corrected chi connectivity index (χ2v) is 11.1. The van der Waals surface area contributed by atoms with Crippen molar-refractivity contribution in [1.29, 1.82) is 0 Å². The molecule has 0 unspecified atom stereocenters. The zero-order valence-electron chi connectivity index (χ0n) is 17.1. The lowest BCUT2D eigenvalue weighted by Gasteiger charge is -2.41. The highest BCUT2D eigenvalue weighted by Gasteiger charge is 2.54. The lowest BCUT2D eigenvalue weighted by atomic mass is 9.98. The highest BCUT2D eigenvalue weighted by atomic mass is 35.5. The number of carbonyl (C=O) groups excluding carboxylic acids is 1. The highest BCUT2D eigenvalue weighted by molar-refractivity contribution is 7.91. The van der Waals surface area contributed by atoms with Crippen molar-refractivity contribution >= 4 is 56.4 Å². The van der Waals surface area contributed by atoms with Crippen molar-refractivity contribution in [2.45, 2.75) is 17.6 Å². The van der Waals surface area contributed by atoms with Gasteiger partial charge in [0.25, 0.3) is 5.91 Å². The first-order valence-electron chi connectivity index (χ1n) is 9.86. The van der Waals surface area contributed by atoms with Crippen LogP contribution < -0.4 is 10.4 Å². The van der Waals surface area contributed by atoms with Crippen LogP contribution in [0, 0.1) is 0 Å². The van der Waals surface area contributed by atoms with Crippen LogP contribution in [0.4, 0.5) is 5.13 Å². The average Bonchev–Trinajstić information content (AvgIpc) is 3.29. The van der Waals surface area contributed by atoms with Gasteiger partial charge < -0.3 is 9.64 Å². The molecule has 0 aliphatic carbocycles. The molecule has 0 atom stereocenters. The predicted molar refractivity (Wildman–Crippen MR) is 125 cm³/mol. The van der Waals surface area contributed by atoms with Crippen LogP contribution in [0.3, 0.4) is 0 Å². The first-order valence-corrected chi connectivity index (χ1v) is 12.5. The lowest BCUT2D eigenvalue weighted by Crippen LogP contribution is -2.62. The number of hydrogen-bond donors (Lipinski definition) is 2.